The first kappa shape index (κ1) is 10.9. The van der Waals surface area contributed by atoms with Crippen LogP contribution < -0.4 is 4.74 Å². The highest BCUT2D eigenvalue weighted by Gasteiger charge is 2.13. The molecule has 0 radical (unpaired) electrons. The molecule has 0 unspecified atom stereocenters. The number of nitrogens with zero attached hydrogens (tertiary/aromatic N) is 1. The maximum Gasteiger partial charge on any atom is 0.341 e. The number of rotatable bonds is 2. The van der Waals surface area contributed by atoms with Crippen molar-refractivity contribution in [1.29, 1.82) is 0 Å². The molecule has 0 saturated carbocycles. The standard InChI is InChI=1S/C11H8BrNO3/c1-16-10-8(11(14)15)4-6-2-3-7(12)5-9(6)13-10/h2-5H,1H3,(H,14,15). The molecular formula is C11H8BrNO3. The Morgan fingerprint density at radius 2 is 2.19 bits per heavy atom. The number of fused-ring (bicyclic) bond motifs is 1. The van der Waals surface area contributed by atoms with Gasteiger partial charge in [0.1, 0.15) is 5.56 Å². The lowest BCUT2D eigenvalue weighted by Crippen LogP contribution is -2.02. The molecule has 1 aromatic carbocycles. The molecule has 82 valence electrons. The molecule has 0 spiro atoms. The number of pyridine rings is 1. The first-order valence-corrected chi connectivity index (χ1v) is 5.28. The van der Waals surface area contributed by atoms with Crippen LogP contribution in [0.1, 0.15) is 10.4 Å². The minimum atomic E-state index is -1.05. The molecule has 0 saturated heterocycles. The third-order valence-corrected chi connectivity index (χ3v) is 2.66. The van der Waals surface area contributed by atoms with Crippen LogP contribution >= 0.6 is 15.9 Å². The van der Waals surface area contributed by atoms with Crippen LogP contribution in [0.15, 0.2) is 28.7 Å². The van der Waals surface area contributed by atoms with Crippen molar-refractivity contribution < 1.29 is 14.6 Å². The quantitative estimate of drug-likeness (QED) is 0.920. The zero-order valence-corrected chi connectivity index (χ0v) is 9.98. The Labute approximate surface area is 100.0 Å². The normalized spacial score (nSPS) is 10.4. The van der Waals surface area contributed by atoms with Gasteiger partial charge in [-0.2, -0.15) is 0 Å². The lowest BCUT2D eigenvalue weighted by Gasteiger charge is -2.06. The number of hydrogen-bond donors (Lipinski definition) is 1. The van der Waals surface area contributed by atoms with Gasteiger partial charge in [-0.1, -0.05) is 22.0 Å². The molecule has 0 aliphatic carbocycles. The highest BCUT2D eigenvalue weighted by atomic mass is 79.9. The maximum absolute atomic E-state index is 11.0. The molecule has 0 aliphatic rings. The Morgan fingerprint density at radius 3 is 2.81 bits per heavy atom. The lowest BCUT2D eigenvalue weighted by molar-refractivity contribution is 0.0692. The number of halogens is 1. The summed E-state index contributed by atoms with van der Waals surface area (Å²) >= 11 is 3.33. The Hall–Kier alpha value is -1.62. The van der Waals surface area contributed by atoms with Gasteiger partial charge in [0.2, 0.25) is 5.88 Å². The molecule has 5 heteroatoms. The van der Waals surface area contributed by atoms with Crippen LogP contribution in [0.2, 0.25) is 0 Å². The number of aromatic carboxylic acids is 1. The van der Waals surface area contributed by atoms with Crippen LogP contribution in [0.25, 0.3) is 10.9 Å². The molecule has 2 aromatic rings. The predicted molar refractivity (Wildman–Crippen MR) is 63.0 cm³/mol. The Morgan fingerprint density at radius 1 is 1.44 bits per heavy atom. The van der Waals surface area contributed by atoms with Crippen LogP contribution in [0.4, 0.5) is 0 Å². The highest BCUT2D eigenvalue weighted by Crippen LogP contribution is 2.24. The average Bonchev–Trinajstić information content (AvgIpc) is 2.26. The van der Waals surface area contributed by atoms with Crippen LogP contribution in [0.5, 0.6) is 5.88 Å². The van der Waals surface area contributed by atoms with E-state index < -0.39 is 5.97 Å². The second-order valence-electron chi connectivity index (χ2n) is 3.19. The highest BCUT2D eigenvalue weighted by molar-refractivity contribution is 9.10. The molecule has 0 amide bonds. The van der Waals surface area contributed by atoms with E-state index >= 15 is 0 Å². The number of benzene rings is 1. The minimum absolute atomic E-state index is 0.0670. The van der Waals surface area contributed by atoms with E-state index in [0.29, 0.717) is 5.52 Å². The SMILES string of the molecule is COc1nc2cc(Br)ccc2cc1C(=O)O. The smallest absolute Gasteiger partial charge is 0.341 e. The summed E-state index contributed by atoms with van der Waals surface area (Å²) in [7, 11) is 1.40. The predicted octanol–water partition coefficient (Wildman–Crippen LogP) is 2.70. The number of aromatic nitrogens is 1. The van der Waals surface area contributed by atoms with Crippen molar-refractivity contribution in [2.24, 2.45) is 0 Å². The fourth-order valence-electron chi connectivity index (χ4n) is 1.43. The molecule has 0 atom stereocenters. The first-order chi connectivity index (χ1) is 7.61. The summed E-state index contributed by atoms with van der Waals surface area (Å²) in [5, 5.41) is 9.75. The van der Waals surface area contributed by atoms with Crippen LogP contribution in [0, 0.1) is 0 Å². The van der Waals surface area contributed by atoms with Crippen molar-refractivity contribution in [2.75, 3.05) is 7.11 Å². The monoisotopic (exact) mass is 281 g/mol. The van der Waals surface area contributed by atoms with Gasteiger partial charge in [0.25, 0.3) is 0 Å². The number of hydrogen-bond acceptors (Lipinski definition) is 3. The van der Waals surface area contributed by atoms with E-state index in [2.05, 4.69) is 20.9 Å². The number of carbonyl (C=O) groups is 1. The van der Waals surface area contributed by atoms with Crippen LogP contribution in [0.3, 0.4) is 0 Å². The summed E-state index contributed by atoms with van der Waals surface area (Å²) in [5.74, 6) is -0.924. The van der Waals surface area contributed by atoms with E-state index in [4.69, 9.17) is 9.84 Å². The van der Waals surface area contributed by atoms with E-state index in [1.165, 1.54) is 7.11 Å². The van der Waals surface area contributed by atoms with Gasteiger partial charge >= 0.3 is 5.97 Å². The number of methoxy groups -OCH3 is 1. The first-order valence-electron chi connectivity index (χ1n) is 4.49. The van der Waals surface area contributed by atoms with Gasteiger partial charge in [0.15, 0.2) is 0 Å². The van der Waals surface area contributed by atoms with Crippen molar-refractivity contribution in [3.05, 3.63) is 34.3 Å². The Kier molecular flexibility index (Phi) is 2.78. The number of carboxylic acid groups (broad SMARTS) is 1. The second kappa shape index (κ2) is 4.09. The lowest BCUT2D eigenvalue weighted by atomic mass is 10.1. The second-order valence-corrected chi connectivity index (χ2v) is 4.10. The third kappa shape index (κ3) is 1.86. The molecular weight excluding hydrogens is 274 g/mol. The third-order valence-electron chi connectivity index (χ3n) is 2.17. The van der Waals surface area contributed by atoms with Gasteiger partial charge in [-0.15, -0.1) is 0 Å². The number of carboxylic acids is 1. The molecule has 0 fully saturated rings. The van der Waals surface area contributed by atoms with Crippen LogP contribution in [-0.2, 0) is 0 Å². The van der Waals surface area contributed by atoms with Crippen molar-refractivity contribution in [1.82, 2.24) is 4.98 Å². The van der Waals surface area contributed by atoms with E-state index in [1.54, 1.807) is 12.1 Å². The zero-order valence-electron chi connectivity index (χ0n) is 8.40. The summed E-state index contributed by atoms with van der Waals surface area (Å²) in [6.07, 6.45) is 0. The van der Waals surface area contributed by atoms with Gasteiger partial charge in [-0.3, -0.25) is 0 Å². The van der Waals surface area contributed by atoms with Gasteiger partial charge in [0, 0.05) is 9.86 Å². The Bertz CT molecular complexity index is 568. The summed E-state index contributed by atoms with van der Waals surface area (Å²) < 4.78 is 5.83. The summed E-state index contributed by atoms with van der Waals surface area (Å²) in [6, 6.07) is 7.00. The van der Waals surface area contributed by atoms with E-state index in [9.17, 15) is 4.79 Å². The molecule has 1 N–H and O–H groups in total. The molecule has 1 heterocycles. The van der Waals surface area contributed by atoms with Gasteiger partial charge in [0.05, 0.1) is 12.6 Å². The summed E-state index contributed by atoms with van der Waals surface area (Å²) in [5.41, 5.74) is 0.758. The van der Waals surface area contributed by atoms with Crippen molar-refractivity contribution in [3.63, 3.8) is 0 Å². The van der Waals surface area contributed by atoms with Crippen molar-refractivity contribution in [2.45, 2.75) is 0 Å². The van der Waals surface area contributed by atoms with Crippen LogP contribution in [-0.4, -0.2) is 23.2 Å². The Balaban J connectivity index is 2.75. The molecule has 0 aliphatic heterocycles. The van der Waals surface area contributed by atoms with Crippen molar-refractivity contribution >= 4 is 32.8 Å². The van der Waals surface area contributed by atoms with Gasteiger partial charge in [-0.05, 0) is 18.2 Å². The molecule has 16 heavy (non-hydrogen) atoms. The summed E-state index contributed by atoms with van der Waals surface area (Å²) in [6.45, 7) is 0. The fraction of sp³-hybridized carbons (Fsp3) is 0.0909. The maximum atomic E-state index is 11.0. The van der Waals surface area contributed by atoms with E-state index in [1.807, 2.05) is 12.1 Å². The van der Waals surface area contributed by atoms with Crippen molar-refractivity contribution in [3.8, 4) is 5.88 Å². The molecule has 1 aromatic heterocycles. The minimum Gasteiger partial charge on any atom is -0.480 e. The fourth-order valence-corrected chi connectivity index (χ4v) is 1.78. The zero-order chi connectivity index (χ0) is 11.7. The van der Waals surface area contributed by atoms with Gasteiger partial charge < -0.3 is 9.84 Å². The molecule has 4 nitrogen and oxygen atoms in total. The average molecular weight is 282 g/mol. The molecule has 2 rings (SSSR count). The topological polar surface area (TPSA) is 59.4 Å². The molecule has 0 bridgehead atoms. The van der Waals surface area contributed by atoms with E-state index in [-0.39, 0.29) is 11.4 Å². The van der Waals surface area contributed by atoms with E-state index in [0.717, 1.165) is 9.86 Å². The van der Waals surface area contributed by atoms with Gasteiger partial charge in [-0.25, -0.2) is 9.78 Å². The number of ether oxygens (including phenoxy) is 1. The largest absolute Gasteiger partial charge is 0.480 e. The summed E-state index contributed by atoms with van der Waals surface area (Å²) in [4.78, 5) is 15.1.